The summed E-state index contributed by atoms with van der Waals surface area (Å²) in [6.45, 7) is 3.85. The molecule has 0 fully saturated rings. The molecule has 0 unspecified atom stereocenters. The van der Waals surface area contributed by atoms with Crippen molar-refractivity contribution in [2.45, 2.75) is 19.8 Å². The van der Waals surface area contributed by atoms with Crippen molar-refractivity contribution < 1.29 is 9.90 Å². The zero-order valence-corrected chi connectivity index (χ0v) is 10.9. The van der Waals surface area contributed by atoms with Crippen LogP contribution in [0.1, 0.15) is 29.3 Å². The molecule has 0 aromatic heterocycles. The topological polar surface area (TPSA) is 92.6 Å². The number of nitrogen functional groups attached to an aromatic ring is 2. The van der Waals surface area contributed by atoms with Crippen LogP contribution < -0.4 is 11.5 Å². The van der Waals surface area contributed by atoms with Gasteiger partial charge in [-0.25, -0.2) is 4.79 Å². The normalized spacial score (nSPS) is 10.8. The monoisotopic (exact) mass is 251 g/mol. The molecule has 0 atom stereocenters. The van der Waals surface area contributed by atoms with Gasteiger partial charge < -0.3 is 21.5 Å². The minimum Gasteiger partial charge on any atom is -0.478 e. The van der Waals surface area contributed by atoms with Crippen molar-refractivity contribution in [2.75, 3.05) is 31.6 Å². The summed E-state index contributed by atoms with van der Waals surface area (Å²) in [6.07, 6.45) is 1.66. The van der Waals surface area contributed by atoms with Gasteiger partial charge in [0.2, 0.25) is 0 Å². The molecule has 1 rings (SSSR count). The second kappa shape index (κ2) is 6.26. The molecular formula is C13H21N3O2. The number of rotatable bonds is 6. The van der Waals surface area contributed by atoms with E-state index in [1.54, 1.807) is 0 Å². The van der Waals surface area contributed by atoms with E-state index >= 15 is 0 Å². The third-order valence-electron chi connectivity index (χ3n) is 2.97. The van der Waals surface area contributed by atoms with E-state index in [4.69, 9.17) is 16.6 Å². The zero-order valence-electron chi connectivity index (χ0n) is 10.9. The zero-order chi connectivity index (χ0) is 13.7. The van der Waals surface area contributed by atoms with Crippen LogP contribution in [0.25, 0.3) is 0 Å². The highest BCUT2D eigenvalue weighted by molar-refractivity contribution is 5.93. The number of carboxylic acid groups (broad SMARTS) is 1. The van der Waals surface area contributed by atoms with Crippen LogP contribution in [0.4, 0.5) is 11.4 Å². The average Bonchev–Trinajstić information content (AvgIpc) is 2.31. The van der Waals surface area contributed by atoms with Gasteiger partial charge >= 0.3 is 5.97 Å². The molecule has 1 aromatic carbocycles. The Balaban J connectivity index is 2.92. The van der Waals surface area contributed by atoms with Crippen LogP contribution in [0, 0.1) is 0 Å². The first-order chi connectivity index (χ1) is 8.47. The summed E-state index contributed by atoms with van der Waals surface area (Å²) in [6, 6.07) is 3.06. The first-order valence-corrected chi connectivity index (χ1v) is 6.06. The van der Waals surface area contributed by atoms with E-state index in [2.05, 4.69) is 11.8 Å². The number of benzene rings is 1. The number of carbonyl (C=O) groups is 1. The SMILES string of the molecule is CCCN(C)CCc1c(C(=O)O)ccc(N)c1N. The molecule has 0 bridgehead atoms. The van der Waals surface area contributed by atoms with E-state index in [-0.39, 0.29) is 5.56 Å². The van der Waals surface area contributed by atoms with Crippen LogP contribution in [0.2, 0.25) is 0 Å². The summed E-state index contributed by atoms with van der Waals surface area (Å²) in [4.78, 5) is 13.3. The van der Waals surface area contributed by atoms with E-state index in [1.807, 2.05) is 7.05 Å². The number of nitrogens with zero attached hydrogens (tertiary/aromatic N) is 1. The summed E-state index contributed by atoms with van der Waals surface area (Å²) in [5, 5.41) is 9.14. The van der Waals surface area contributed by atoms with E-state index in [0.717, 1.165) is 19.5 Å². The molecule has 5 heteroatoms. The van der Waals surface area contributed by atoms with E-state index in [9.17, 15) is 4.79 Å². The van der Waals surface area contributed by atoms with Crippen molar-refractivity contribution in [3.63, 3.8) is 0 Å². The summed E-state index contributed by atoms with van der Waals surface area (Å²) in [7, 11) is 2.01. The molecule has 0 heterocycles. The van der Waals surface area contributed by atoms with Gasteiger partial charge in [0.25, 0.3) is 0 Å². The lowest BCUT2D eigenvalue weighted by Gasteiger charge is -2.17. The lowest BCUT2D eigenvalue weighted by Crippen LogP contribution is -2.23. The van der Waals surface area contributed by atoms with Gasteiger partial charge in [-0.1, -0.05) is 6.92 Å². The fourth-order valence-corrected chi connectivity index (χ4v) is 1.95. The van der Waals surface area contributed by atoms with Gasteiger partial charge in [-0.15, -0.1) is 0 Å². The molecule has 5 N–H and O–H groups in total. The maximum absolute atomic E-state index is 11.1. The molecule has 1 aromatic rings. The van der Waals surface area contributed by atoms with Crippen molar-refractivity contribution in [1.29, 1.82) is 0 Å². The Kier molecular flexibility index (Phi) is 4.97. The van der Waals surface area contributed by atoms with Crippen LogP contribution in [0.15, 0.2) is 12.1 Å². The molecule has 0 radical (unpaired) electrons. The maximum Gasteiger partial charge on any atom is 0.336 e. The van der Waals surface area contributed by atoms with Crippen LogP contribution in [-0.2, 0) is 6.42 Å². The fourth-order valence-electron chi connectivity index (χ4n) is 1.95. The van der Waals surface area contributed by atoms with Crippen LogP contribution in [-0.4, -0.2) is 36.1 Å². The van der Waals surface area contributed by atoms with Crippen molar-refractivity contribution in [2.24, 2.45) is 0 Å². The second-order valence-corrected chi connectivity index (χ2v) is 4.45. The lowest BCUT2D eigenvalue weighted by molar-refractivity contribution is 0.0695. The van der Waals surface area contributed by atoms with Gasteiger partial charge in [0.05, 0.1) is 16.9 Å². The maximum atomic E-state index is 11.1. The molecule has 0 aliphatic carbocycles. The van der Waals surface area contributed by atoms with Gasteiger partial charge in [-0.3, -0.25) is 0 Å². The van der Waals surface area contributed by atoms with E-state index < -0.39 is 5.97 Å². The molecule has 0 amide bonds. The summed E-state index contributed by atoms with van der Waals surface area (Å²) in [5.74, 6) is -0.963. The Morgan fingerprint density at radius 2 is 2.00 bits per heavy atom. The van der Waals surface area contributed by atoms with Gasteiger partial charge in [0.1, 0.15) is 0 Å². The molecule has 0 saturated carbocycles. The highest BCUT2D eigenvalue weighted by Gasteiger charge is 2.15. The van der Waals surface area contributed by atoms with Crippen molar-refractivity contribution in [1.82, 2.24) is 4.90 Å². The molecule has 18 heavy (non-hydrogen) atoms. The van der Waals surface area contributed by atoms with E-state index in [0.29, 0.717) is 23.4 Å². The Morgan fingerprint density at radius 1 is 1.33 bits per heavy atom. The van der Waals surface area contributed by atoms with Crippen molar-refractivity contribution in [3.8, 4) is 0 Å². The molecule has 0 aliphatic rings. The van der Waals surface area contributed by atoms with Crippen molar-refractivity contribution in [3.05, 3.63) is 23.3 Å². The van der Waals surface area contributed by atoms with Crippen LogP contribution in [0.5, 0.6) is 0 Å². The van der Waals surface area contributed by atoms with Gasteiger partial charge in [0.15, 0.2) is 0 Å². The minimum atomic E-state index is -0.963. The minimum absolute atomic E-state index is 0.242. The van der Waals surface area contributed by atoms with Gasteiger partial charge in [-0.05, 0) is 44.1 Å². The number of anilines is 2. The Morgan fingerprint density at radius 3 is 2.56 bits per heavy atom. The average molecular weight is 251 g/mol. The molecule has 0 saturated heterocycles. The number of aromatic carboxylic acids is 1. The number of likely N-dealkylation sites (N-methyl/N-ethyl adjacent to an activating group) is 1. The molecule has 0 spiro atoms. The highest BCUT2D eigenvalue weighted by atomic mass is 16.4. The number of hydrogen-bond acceptors (Lipinski definition) is 4. The number of nitrogens with two attached hydrogens (primary N) is 2. The third kappa shape index (κ3) is 3.37. The standard InChI is InChI=1S/C13H21N3O2/c1-3-7-16(2)8-6-9-10(13(17)18)4-5-11(14)12(9)15/h4-5H,3,6-8,14-15H2,1-2H3,(H,17,18). The largest absolute Gasteiger partial charge is 0.478 e. The first kappa shape index (κ1) is 14.3. The molecule has 5 nitrogen and oxygen atoms in total. The van der Waals surface area contributed by atoms with Gasteiger partial charge in [-0.2, -0.15) is 0 Å². The fraction of sp³-hybridized carbons (Fsp3) is 0.462. The lowest BCUT2D eigenvalue weighted by atomic mass is 10.0. The Bertz CT molecular complexity index is 432. The second-order valence-electron chi connectivity index (χ2n) is 4.45. The number of carboxylic acids is 1. The van der Waals surface area contributed by atoms with E-state index in [1.165, 1.54) is 12.1 Å². The summed E-state index contributed by atoms with van der Waals surface area (Å²) in [5.41, 5.74) is 13.3. The summed E-state index contributed by atoms with van der Waals surface area (Å²) < 4.78 is 0. The smallest absolute Gasteiger partial charge is 0.336 e. The van der Waals surface area contributed by atoms with Gasteiger partial charge in [0, 0.05) is 6.54 Å². The molecule has 0 aliphatic heterocycles. The summed E-state index contributed by atoms with van der Waals surface area (Å²) >= 11 is 0. The third-order valence-corrected chi connectivity index (χ3v) is 2.97. The first-order valence-electron chi connectivity index (χ1n) is 6.06. The predicted octanol–water partition coefficient (Wildman–Crippen LogP) is 1.43. The highest BCUT2D eigenvalue weighted by Crippen LogP contribution is 2.24. The van der Waals surface area contributed by atoms with Crippen molar-refractivity contribution >= 4 is 17.3 Å². The number of hydrogen-bond donors (Lipinski definition) is 3. The Hall–Kier alpha value is -1.75. The quantitative estimate of drug-likeness (QED) is 0.665. The Labute approximate surface area is 107 Å². The van der Waals surface area contributed by atoms with Crippen LogP contribution >= 0.6 is 0 Å². The van der Waals surface area contributed by atoms with Crippen LogP contribution in [0.3, 0.4) is 0 Å². The predicted molar refractivity (Wildman–Crippen MR) is 73.7 cm³/mol. The molecular weight excluding hydrogens is 230 g/mol. The molecule has 100 valence electrons.